The molecule has 5 nitrogen and oxygen atoms in total. The van der Waals surface area contributed by atoms with Gasteiger partial charge in [0.15, 0.2) is 12.4 Å². The van der Waals surface area contributed by atoms with Crippen molar-refractivity contribution in [3.8, 4) is 5.75 Å². The summed E-state index contributed by atoms with van der Waals surface area (Å²) in [5.74, 6) is 0.800. The number of ketones is 1. The lowest BCUT2D eigenvalue weighted by atomic mass is 10.0. The molecule has 0 heterocycles. The van der Waals surface area contributed by atoms with Crippen molar-refractivity contribution in [3.05, 3.63) is 65.7 Å². The fraction of sp³-hybridized carbons (Fsp3) is 0.364. The fourth-order valence-corrected chi connectivity index (χ4v) is 2.89. The Morgan fingerprint density at radius 2 is 1.56 bits per heavy atom. The van der Waals surface area contributed by atoms with Crippen LogP contribution >= 0.6 is 0 Å². The van der Waals surface area contributed by atoms with Crippen molar-refractivity contribution in [2.45, 2.75) is 19.9 Å². The number of carbonyl (C=O) groups is 2. The smallest absolute Gasteiger partial charge is 0.257 e. The van der Waals surface area contributed by atoms with Gasteiger partial charge in [0, 0.05) is 23.7 Å². The molecule has 0 aliphatic carbocycles. The molecule has 0 spiro atoms. The first-order chi connectivity index (χ1) is 12.9. The molecule has 1 N–H and O–H groups in total. The summed E-state index contributed by atoms with van der Waals surface area (Å²) < 4.78 is 5.52. The zero-order chi connectivity index (χ0) is 19.8. The highest BCUT2D eigenvalue weighted by molar-refractivity contribution is 6.08. The molecule has 0 unspecified atom stereocenters. The molecule has 1 amide bonds. The molecule has 144 valence electrons. The van der Waals surface area contributed by atoms with Crippen molar-refractivity contribution < 1.29 is 14.3 Å². The summed E-state index contributed by atoms with van der Waals surface area (Å²) in [6.07, 6.45) is 0. The molecular formula is C22H28N2O3. The number of nitrogens with zero attached hydrogens (tertiary/aromatic N) is 1. The van der Waals surface area contributed by atoms with E-state index < -0.39 is 0 Å². The Balaban J connectivity index is 1.84. The second kappa shape index (κ2) is 9.88. The van der Waals surface area contributed by atoms with Gasteiger partial charge < -0.3 is 15.0 Å². The predicted molar refractivity (Wildman–Crippen MR) is 107 cm³/mol. The third kappa shape index (κ3) is 6.22. The van der Waals surface area contributed by atoms with Crippen molar-refractivity contribution in [3.63, 3.8) is 0 Å². The molecule has 27 heavy (non-hydrogen) atoms. The third-order valence-corrected chi connectivity index (χ3v) is 4.46. The largest absolute Gasteiger partial charge is 0.484 e. The number of amides is 1. The molecule has 5 heteroatoms. The second-order valence-corrected chi connectivity index (χ2v) is 7.09. The molecule has 2 aromatic rings. The molecular weight excluding hydrogens is 340 g/mol. The maximum atomic E-state index is 12.4. The first kappa shape index (κ1) is 20.6. The minimum absolute atomic E-state index is 0.0386. The maximum absolute atomic E-state index is 12.4. The van der Waals surface area contributed by atoms with Crippen molar-refractivity contribution in [2.24, 2.45) is 5.92 Å². The molecule has 0 fully saturated rings. The van der Waals surface area contributed by atoms with Crippen LogP contribution in [-0.2, 0) is 4.79 Å². The number of ether oxygens (including phenoxy) is 1. The Labute approximate surface area is 161 Å². The summed E-state index contributed by atoms with van der Waals surface area (Å²) in [6.45, 7) is 4.79. The lowest BCUT2D eigenvalue weighted by Crippen LogP contribution is -2.44. The highest BCUT2D eigenvalue weighted by Gasteiger charge is 2.16. The first-order valence-corrected chi connectivity index (χ1v) is 9.14. The van der Waals surface area contributed by atoms with Gasteiger partial charge in [-0.2, -0.15) is 0 Å². The van der Waals surface area contributed by atoms with E-state index in [1.54, 1.807) is 36.4 Å². The van der Waals surface area contributed by atoms with Gasteiger partial charge in [-0.15, -0.1) is 0 Å². The van der Waals surface area contributed by atoms with Crippen LogP contribution in [0.3, 0.4) is 0 Å². The molecule has 0 radical (unpaired) electrons. The van der Waals surface area contributed by atoms with Crippen LogP contribution in [0.4, 0.5) is 0 Å². The highest BCUT2D eigenvalue weighted by Crippen LogP contribution is 2.15. The fourth-order valence-electron chi connectivity index (χ4n) is 2.89. The van der Waals surface area contributed by atoms with E-state index in [0.717, 1.165) is 0 Å². The molecule has 0 saturated carbocycles. The van der Waals surface area contributed by atoms with Crippen LogP contribution in [0, 0.1) is 5.92 Å². The number of carbonyl (C=O) groups excluding carboxylic acids is 2. The van der Waals surface area contributed by atoms with Gasteiger partial charge in [-0.3, -0.25) is 9.59 Å². The molecule has 0 aliphatic rings. The standard InChI is InChI=1S/C22H28N2O3/c1-16(2)20(24(3)4)14-23-21(25)15-27-19-12-10-18(11-13-19)22(26)17-8-6-5-7-9-17/h5-13,16,20H,14-15H2,1-4H3,(H,23,25)/t20-/m1/s1. The van der Waals surface area contributed by atoms with Crippen LogP contribution in [0.2, 0.25) is 0 Å². The Hall–Kier alpha value is -2.66. The lowest BCUT2D eigenvalue weighted by Gasteiger charge is -2.28. The van der Waals surface area contributed by atoms with E-state index in [1.165, 1.54) is 0 Å². The SMILES string of the molecule is CC(C)[C@@H](CNC(=O)COc1ccc(C(=O)c2ccccc2)cc1)N(C)C. The summed E-state index contributed by atoms with van der Waals surface area (Å²) in [7, 11) is 4.01. The first-order valence-electron chi connectivity index (χ1n) is 9.14. The Kier molecular flexibility index (Phi) is 7.55. The zero-order valence-electron chi connectivity index (χ0n) is 16.4. The normalized spacial score (nSPS) is 12.1. The van der Waals surface area contributed by atoms with E-state index in [-0.39, 0.29) is 24.3 Å². The van der Waals surface area contributed by atoms with Gasteiger partial charge in [-0.1, -0.05) is 44.2 Å². The Bertz CT molecular complexity index is 732. The van der Waals surface area contributed by atoms with Gasteiger partial charge in [0.2, 0.25) is 0 Å². The van der Waals surface area contributed by atoms with Crippen molar-refractivity contribution in [2.75, 3.05) is 27.2 Å². The van der Waals surface area contributed by atoms with E-state index >= 15 is 0 Å². The van der Waals surface area contributed by atoms with Crippen LogP contribution in [0.5, 0.6) is 5.75 Å². The minimum atomic E-state index is -0.160. The third-order valence-electron chi connectivity index (χ3n) is 4.46. The highest BCUT2D eigenvalue weighted by atomic mass is 16.5. The molecule has 0 saturated heterocycles. The van der Waals surface area contributed by atoms with Gasteiger partial charge >= 0.3 is 0 Å². The lowest BCUT2D eigenvalue weighted by molar-refractivity contribution is -0.123. The number of hydrogen-bond donors (Lipinski definition) is 1. The number of benzene rings is 2. The second-order valence-electron chi connectivity index (χ2n) is 7.09. The average molecular weight is 368 g/mol. The quantitative estimate of drug-likeness (QED) is 0.691. The average Bonchev–Trinajstić information content (AvgIpc) is 2.66. The monoisotopic (exact) mass is 368 g/mol. The molecule has 1 atom stereocenters. The van der Waals surface area contributed by atoms with Crippen LogP contribution in [0.1, 0.15) is 29.8 Å². The zero-order valence-corrected chi connectivity index (χ0v) is 16.4. The summed E-state index contributed by atoms with van der Waals surface area (Å²) >= 11 is 0. The summed E-state index contributed by atoms with van der Waals surface area (Å²) in [5, 5.41) is 2.91. The van der Waals surface area contributed by atoms with Crippen LogP contribution in [0.25, 0.3) is 0 Å². The molecule has 2 aromatic carbocycles. The van der Waals surface area contributed by atoms with Crippen LogP contribution < -0.4 is 10.1 Å². The maximum Gasteiger partial charge on any atom is 0.257 e. The number of likely N-dealkylation sites (N-methyl/N-ethyl adjacent to an activating group) is 1. The van der Waals surface area contributed by atoms with Gasteiger partial charge in [-0.05, 0) is 44.3 Å². The van der Waals surface area contributed by atoms with E-state index in [2.05, 4.69) is 24.1 Å². The Morgan fingerprint density at radius 1 is 0.963 bits per heavy atom. The van der Waals surface area contributed by atoms with E-state index in [1.807, 2.05) is 32.3 Å². The van der Waals surface area contributed by atoms with E-state index in [9.17, 15) is 9.59 Å². The molecule has 0 aliphatic heterocycles. The molecule has 2 rings (SSSR count). The van der Waals surface area contributed by atoms with Crippen molar-refractivity contribution in [1.82, 2.24) is 10.2 Å². The number of hydrogen-bond acceptors (Lipinski definition) is 4. The van der Waals surface area contributed by atoms with Crippen molar-refractivity contribution >= 4 is 11.7 Å². The number of rotatable bonds is 9. The minimum Gasteiger partial charge on any atom is -0.484 e. The van der Waals surface area contributed by atoms with Gasteiger partial charge in [0.25, 0.3) is 5.91 Å². The summed E-state index contributed by atoms with van der Waals surface area (Å²) in [6, 6.07) is 16.2. The van der Waals surface area contributed by atoms with E-state index in [0.29, 0.717) is 29.3 Å². The summed E-state index contributed by atoms with van der Waals surface area (Å²) in [4.78, 5) is 26.5. The van der Waals surface area contributed by atoms with Gasteiger partial charge in [-0.25, -0.2) is 0 Å². The van der Waals surface area contributed by atoms with E-state index in [4.69, 9.17) is 4.74 Å². The van der Waals surface area contributed by atoms with Gasteiger partial charge in [0.1, 0.15) is 5.75 Å². The topological polar surface area (TPSA) is 58.6 Å². The summed E-state index contributed by atoms with van der Waals surface area (Å²) in [5.41, 5.74) is 1.23. The van der Waals surface area contributed by atoms with Crippen LogP contribution in [0.15, 0.2) is 54.6 Å². The molecule has 0 bridgehead atoms. The number of nitrogens with one attached hydrogen (secondary N) is 1. The molecule has 0 aromatic heterocycles. The van der Waals surface area contributed by atoms with Crippen molar-refractivity contribution in [1.29, 1.82) is 0 Å². The van der Waals surface area contributed by atoms with Crippen LogP contribution in [-0.4, -0.2) is 49.9 Å². The predicted octanol–water partition coefficient (Wildman–Crippen LogP) is 3.00. The Morgan fingerprint density at radius 3 is 2.11 bits per heavy atom. The van der Waals surface area contributed by atoms with Gasteiger partial charge in [0.05, 0.1) is 0 Å².